The van der Waals surface area contributed by atoms with E-state index in [-0.39, 0.29) is 6.54 Å². The maximum Gasteiger partial charge on any atom is 0.323 e. The molecule has 0 radical (unpaired) electrons. The molecule has 1 heterocycles. The molecule has 1 aromatic rings. The number of aliphatic carboxylic acids is 1. The molecule has 0 atom stereocenters. The summed E-state index contributed by atoms with van der Waals surface area (Å²) in [6.07, 6.45) is 0.907. The molecule has 1 N–H and O–H groups in total. The Labute approximate surface area is 94.7 Å². The zero-order chi connectivity index (χ0) is 10.6. The first kappa shape index (κ1) is 11.5. The fourth-order valence-electron chi connectivity index (χ4n) is 1.07. The van der Waals surface area contributed by atoms with Crippen LogP contribution in [0.5, 0.6) is 0 Å². The number of carbonyl (C=O) groups is 1. The smallest absolute Gasteiger partial charge is 0.323 e. The lowest BCUT2D eigenvalue weighted by Gasteiger charge is -2.18. The number of nitrogens with zero attached hydrogens (tertiary/aromatic N) is 2. The molecule has 0 saturated heterocycles. The van der Waals surface area contributed by atoms with E-state index in [1.54, 1.807) is 4.90 Å². The molecular weight excluding hydrogens is 268 g/mol. The molecule has 0 spiro atoms. The molecule has 4 nitrogen and oxygen atoms in total. The lowest BCUT2D eigenvalue weighted by Crippen LogP contribution is -2.30. The van der Waals surface area contributed by atoms with Crippen molar-refractivity contribution in [2.24, 2.45) is 0 Å². The van der Waals surface area contributed by atoms with E-state index >= 15 is 0 Å². The Morgan fingerprint density at radius 3 is 2.93 bits per heavy atom. The van der Waals surface area contributed by atoms with Gasteiger partial charge in [0.15, 0.2) is 5.13 Å². The molecule has 0 saturated carbocycles. The van der Waals surface area contributed by atoms with Crippen LogP contribution in [-0.2, 0) is 4.79 Å². The first-order valence-corrected chi connectivity index (χ1v) is 5.88. The maximum atomic E-state index is 10.6. The molecule has 78 valence electrons. The molecule has 1 rings (SSSR count). The van der Waals surface area contributed by atoms with Gasteiger partial charge in [0.25, 0.3) is 0 Å². The highest BCUT2D eigenvalue weighted by Gasteiger charge is 2.12. The van der Waals surface area contributed by atoms with Crippen molar-refractivity contribution in [2.45, 2.75) is 13.3 Å². The van der Waals surface area contributed by atoms with Crippen LogP contribution >= 0.6 is 27.3 Å². The normalized spacial score (nSPS) is 10.1. The fourth-order valence-corrected chi connectivity index (χ4v) is 2.34. The number of halogens is 1. The predicted molar refractivity (Wildman–Crippen MR) is 60.0 cm³/mol. The van der Waals surface area contributed by atoms with Crippen molar-refractivity contribution in [1.82, 2.24) is 4.98 Å². The molecule has 1 aromatic heterocycles. The Bertz CT molecular complexity index is 316. The van der Waals surface area contributed by atoms with E-state index in [4.69, 9.17) is 5.11 Å². The number of carboxylic acids is 1. The zero-order valence-electron chi connectivity index (χ0n) is 7.73. The molecule has 14 heavy (non-hydrogen) atoms. The van der Waals surface area contributed by atoms with Crippen LogP contribution in [0.2, 0.25) is 0 Å². The Morgan fingerprint density at radius 1 is 1.79 bits per heavy atom. The highest BCUT2D eigenvalue weighted by molar-refractivity contribution is 9.10. The van der Waals surface area contributed by atoms with Crippen molar-refractivity contribution in [1.29, 1.82) is 0 Å². The van der Waals surface area contributed by atoms with Crippen LogP contribution < -0.4 is 4.90 Å². The average Bonchev–Trinajstić information content (AvgIpc) is 2.50. The van der Waals surface area contributed by atoms with Crippen LogP contribution in [0.4, 0.5) is 5.13 Å². The standard InChI is InChI=1S/C8H11BrN2O2S/c1-2-3-11(4-7(12)13)8-10-6(9)5-14-8/h5H,2-4H2,1H3,(H,12,13). The van der Waals surface area contributed by atoms with Gasteiger partial charge in [-0.15, -0.1) is 11.3 Å². The second-order valence-electron chi connectivity index (χ2n) is 2.77. The lowest BCUT2D eigenvalue weighted by molar-refractivity contribution is -0.135. The number of rotatable bonds is 5. The van der Waals surface area contributed by atoms with Gasteiger partial charge in [-0.2, -0.15) is 0 Å². The Morgan fingerprint density at radius 2 is 2.50 bits per heavy atom. The first-order chi connectivity index (χ1) is 6.63. The minimum atomic E-state index is -0.829. The number of anilines is 1. The van der Waals surface area contributed by atoms with Crippen molar-refractivity contribution in [3.05, 3.63) is 9.98 Å². The van der Waals surface area contributed by atoms with Gasteiger partial charge in [0.2, 0.25) is 0 Å². The second-order valence-corrected chi connectivity index (χ2v) is 4.42. The summed E-state index contributed by atoms with van der Waals surface area (Å²) in [7, 11) is 0. The topological polar surface area (TPSA) is 53.4 Å². The van der Waals surface area contributed by atoms with Crippen LogP contribution in [0.3, 0.4) is 0 Å². The minimum absolute atomic E-state index is 0.00773. The van der Waals surface area contributed by atoms with Crippen molar-refractivity contribution in [3.63, 3.8) is 0 Å². The number of carboxylic acid groups (broad SMARTS) is 1. The van der Waals surface area contributed by atoms with Crippen LogP contribution in [0, 0.1) is 0 Å². The highest BCUT2D eigenvalue weighted by Crippen LogP contribution is 2.23. The number of aromatic nitrogens is 1. The monoisotopic (exact) mass is 278 g/mol. The third-order valence-electron chi connectivity index (χ3n) is 1.55. The summed E-state index contributed by atoms with van der Waals surface area (Å²) in [5, 5.41) is 11.3. The van der Waals surface area contributed by atoms with Gasteiger partial charge in [0.1, 0.15) is 11.1 Å². The summed E-state index contributed by atoms with van der Waals surface area (Å²) in [6.45, 7) is 2.73. The maximum absolute atomic E-state index is 10.6. The van der Waals surface area contributed by atoms with Gasteiger partial charge >= 0.3 is 5.97 Å². The van der Waals surface area contributed by atoms with E-state index < -0.39 is 5.97 Å². The molecule has 0 aromatic carbocycles. The van der Waals surface area contributed by atoms with E-state index in [0.717, 1.165) is 16.2 Å². The van der Waals surface area contributed by atoms with Gasteiger partial charge in [-0.05, 0) is 22.4 Å². The molecule has 0 aliphatic rings. The molecule has 0 amide bonds. The molecule has 0 bridgehead atoms. The van der Waals surface area contributed by atoms with Crippen molar-refractivity contribution in [3.8, 4) is 0 Å². The predicted octanol–water partition coefficient (Wildman–Crippen LogP) is 2.21. The van der Waals surface area contributed by atoms with Crippen molar-refractivity contribution < 1.29 is 9.90 Å². The van der Waals surface area contributed by atoms with Gasteiger partial charge in [-0.3, -0.25) is 4.79 Å². The van der Waals surface area contributed by atoms with E-state index in [0.29, 0.717) is 6.54 Å². The summed E-state index contributed by atoms with van der Waals surface area (Å²) in [6, 6.07) is 0. The number of thiazole rings is 1. The molecule has 0 aliphatic heterocycles. The van der Waals surface area contributed by atoms with Gasteiger partial charge in [0, 0.05) is 11.9 Å². The third kappa shape index (κ3) is 3.26. The summed E-state index contributed by atoms with van der Waals surface area (Å²) in [5.74, 6) is -0.829. The summed E-state index contributed by atoms with van der Waals surface area (Å²) >= 11 is 4.69. The van der Waals surface area contributed by atoms with Gasteiger partial charge in [0.05, 0.1) is 0 Å². The quantitative estimate of drug-likeness (QED) is 0.897. The Balaban J connectivity index is 2.71. The van der Waals surface area contributed by atoms with Gasteiger partial charge in [-0.1, -0.05) is 6.92 Å². The number of hydrogen-bond acceptors (Lipinski definition) is 4. The van der Waals surface area contributed by atoms with Crippen LogP contribution in [-0.4, -0.2) is 29.1 Å². The van der Waals surface area contributed by atoms with E-state index in [1.165, 1.54) is 11.3 Å². The largest absolute Gasteiger partial charge is 0.480 e. The van der Waals surface area contributed by atoms with Gasteiger partial charge in [-0.25, -0.2) is 4.98 Å². The summed E-state index contributed by atoms with van der Waals surface area (Å²) in [5.41, 5.74) is 0. The zero-order valence-corrected chi connectivity index (χ0v) is 10.1. The van der Waals surface area contributed by atoms with Gasteiger partial charge < -0.3 is 10.0 Å². The van der Waals surface area contributed by atoms with E-state index in [9.17, 15) is 4.79 Å². The summed E-state index contributed by atoms with van der Waals surface area (Å²) in [4.78, 5) is 16.5. The van der Waals surface area contributed by atoms with Crippen LogP contribution in [0.1, 0.15) is 13.3 Å². The average molecular weight is 279 g/mol. The minimum Gasteiger partial charge on any atom is -0.480 e. The fraction of sp³-hybridized carbons (Fsp3) is 0.500. The molecular formula is C8H11BrN2O2S. The van der Waals surface area contributed by atoms with Crippen molar-refractivity contribution >= 4 is 38.4 Å². The molecule has 0 unspecified atom stereocenters. The third-order valence-corrected chi connectivity index (χ3v) is 3.16. The summed E-state index contributed by atoms with van der Waals surface area (Å²) < 4.78 is 0.754. The van der Waals surface area contributed by atoms with Crippen molar-refractivity contribution in [2.75, 3.05) is 18.0 Å². The second kappa shape index (κ2) is 5.31. The molecule has 0 fully saturated rings. The van der Waals surface area contributed by atoms with Crippen LogP contribution in [0.25, 0.3) is 0 Å². The Kier molecular flexibility index (Phi) is 4.34. The first-order valence-electron chi connectivity index (χ1n) is 4.21. The molecule has 6 heteroatoms. The lowest BCUT2D eigenvalue weighted by atomic mass is 10.4. The van der Waals surface area contributed by atoms with Crippen LogP contribution in [0.15, 0.2) is 9.98 Å². The van der Waals surface area contributed by atoms with E-state index in [1.807, 2.05) is 12.3 Å². The molecule has 0 aliphatic carbocycles. The Hall–Kier alpha value is -0.620. The SMILES string of the molecule is CCCN(CC(=O)O)c1nc(Br)cs1. The highest BCUT2D eigenvalue weighted by atomic mass is 79.9. The number of hydrogen-bond donors (Lipinski definition) is 1. The van der Waals surface area contributed by atoms with E-state index in [2.05, 4.69) is 20.9 Å².